The number of aryl methyl sites for hydroxylation is 1. The summed E-state index contributed by atoms with van der Waals surface area (Å²) in [6, 6.07) is 24.9. The number of thiophene rings is 1. The number of piperidine rings is 2. The molecule has 3 aromatic rings. The van der Waals surface area contributed by atoms with Gasteiger partial charge in [0.2, 0.25) is 0 Å². The first-order valence-electron chi connectivity index (χ1n) is 16.8. The summed E-state index contributed by atoms with van der Waals surface area (Å²) in [6.45, 7) is 11.5. The van der Waals surface area contributed by atoms with Crippen LogP contribution in [0.4, 0.5) is 0 Å². The molecule has 7 nitrogen and oxygen atoms in total. The van der Waals surface area contributed by atoms with Gasteiger partial charge in [0.25, 0.3) is 0 Å². The van der Waals surface area contributed by atoms with Crippen molar-refractivity contribution in [1.29, 1.82) is 0 Å². The molecule has 3 heterocycles. The molecule has 0 spiro atoms. The van der Waals surface area contributed by atoms with Crippen LogP contribution in [0, 0.1) is 17.8 Å². The molecule has 0 amide bonds. The number of aliphatic carboxylic acids is 2. The highest BCUT2D eigenvalue weighted by atomic mass is 32.1. The topological polar surface area (TPSA) is 99.1 Å². The molecule has 2 fully saturated rings. The van der Waals surface area contributed by atoms with E-state index in [0.717, 1.165) is 48.7 Å². The normalized spacial score (nSPS) is 28.1. The lowest BCUT2D eigenvalue weighted by atomic mass is 9.52. The zero-order valence-electron chi connectivity index (χ0n) is 27.7. The van der Waals surface area contributed by atoms with Crippen molar-refractivity contribution in [3.05, 3.63) is 93.7 Å². The van der Waals surface area contributed by atoms with Gasteiger partial charge in [-0.15, -0.1) is 11.3 Å². The first kappa shape index (κ1) is 34.3. The maximum Gasteiger partial charge on any atom is 0.311 e. The number of hydrogen-bond acceptors (Lipinski definition) is 6. The Labute approximate surface area is 278 Å². The number of benzene rings is 2. The predicted octanol–water partition coefficient (Wildman–Crippen LogP) is 6.95. The molecular weight excluding hydrogens is 596 g/mol. The lowest BCUT2D eigenvalue weighted by Gasteiger charge is -2.55. The third kappa shape index (κ3) is 6.42. The average molecular weight is 647 g/mol. The summed E-state index contributed by atoms with van der Waals surface area (Å²) in [5, 5.41) is 24.6. The third-order valence-electron chi connectivity index (χ3n) is 11.2. The Balaban J connectivity index is 1.16. The first-order valence-corrected chi connectivity index (χ1v) is 17.6. The summed E-state index contributed by atoms with van der Waals surface area (Å²) < 4.78 is 6.07. The molecule has 0 bridgehead atoms. The highest BCUT2D eigenvalue weighted by Gasteiger charge is 2.65. The molecule has 0 aliphatic carbocycles. The maximum atomic E-state index is 13.2. The smallest absolute Gasteiger partial charge is 0.311 e. The Bertz CT molecular complexity index is 1410. The number of carbonyl (C=O) groups is 2. The zero-order chi connectivity index (χ0) is 33.0. The molecule has 46 heavy (non-hydrogen) atoms. The SMILES string of the molecule is Cc1ccc(C2C(C)(C(=O)O)C(C)NC(C)C2(CCCOCCCN2CCC(c3ccccc3)(c3ccccc3)CC2)C(=O)O)s1. The molecule has 2 aromatic carbocycles. The van der Waals surface area contributed by atoms with Gasteiger partial charge in [-0.2, -0.15) is 0 Å². The molecule has 2 saturated heterocycles. The van der Waals surface area contributed by atoms with Gasteiger partial charge < -0.3 is 25.2 Å². The van der Waals surface area contributed by atoms with Crippen LogP contribution >= 0.6 is 11.3 Å². The van der Waals surface area contributed by atoms with Crippen LogP contribution < -0.4 is 5.32 Å². The van der Waals surface area contributed by atoms with E-state index in [1.807, 2.05) is 32.9 Å². The Hall–Kier alpha value is -3.04. The molecule has 0 radical (unpaired) electrons. The quantitative estimate of drug-likeness (QED) is 0.173. The largest absolute Gasteiger partial charge is 0.481 e. The second-order valence-electron chi connectivity index (χ2n) is 13.7. The van der Waals surface area contributed by atoms with E-state index >= 15 is 0 Å². The highest BCUT2D eigenvalue weighted by Crippen LogP contribution is 2.58. The summed E-state index contributed by atoms with van der Waals surface area (Å²) in [5.74, 6) is -2.59. The second kappa shape index (κ2) is 14.4. The molecule has 1 aromatic heterocycles. The van der Waals surface area contributed by atoms with Gasteiger partial charge in [-0.05, 0) is 96.1 Å². The zero-order valence-corrected chi connectivity index (χ0v) is 28.5. The van der Waals surface area contributed by atoms with Crippen molar-refractivity contribution in [2.75, 3.05) is 32.8 Å². The lowest BCUT2D eigenvalue weighted by Crippen LogP contribution is -2.68. The molecule has 5 unspecified atom stereocenters. The molecule has 0 saturated carbocycles. The van der Waals surface area contributed by atoms with Crippen molar-refractivity contribution in [2.45, 2.75) is 83.2 Å². The minimum absolute atomic E-state index is 0.0366. The molecule has 2 aliphatic heterocycles. The van der Waals surface area contributed by atoms with Gasteiger partial charge in [-0.1, -0.05) is 60.7 Å². The number of carboxylic acid groups (broad SMARTS) is 2. The number of hydrogen-bond donors (Lipinski definition) is 3. The fourth-order valence-electron chi connectivity index (χ4n) is 8.35. The molecular formula is C38H50N2O5S. The van der Waals surface area contributed by atoms with E-state index in [2.05, 4.69) is 70.9 Å². The van der Waals surface area contributed by atoms with Crippen molar-refractivity contribution < 1.29 is 24.5 Å². The Morgan fingerprint density at radius 2 is 1.46 bits per heavy atom. The molecule has 248 valence electrons. The molecule has 3 N–H and O–H groups in total. The molecule has 2 aliphatic rings. The van der Waals surface area contributed by atoms with Crippen LogP contribution in [-0.4, -0.2) is 72.0 Å². The van der Waals surface area contributed by atoms with Crippen LogP contribution in [0.15, 0.2) is 72.8 Å². The van der Waals surface area contributed by atoms with Crippen LogP contribution in [0.3, 0.4) is 0 Å². The van der Waals surface area contributed by atoms with E-state index in [-0.39, 0.29) is 5.41 Å². The molecule has 8 heteroatoms. The minimum atomic E-state index is -1.28. The van der Waals surface area contributed by atoms with Gasteiger partial charge >= 0.3 is 11.9 Å². The number of rotatable bonds is 13. The van der Waals surface area contributed by atoms with Crippen LogP contribution in [0.25, 0.3) is 0 Å². The van der Waals surface area contributed by atoms with Crippen molar-refractivity contribution in [3.63, 3.8) is 0 Å². The van der Waals surface area contributed by atoms with Gasteiger partial charge in [0.15, 0.2) is 0 Å². The fraction of sp³-hybridized carbons (Fsp3) is 0.526. The summed E-state index contributed by atoms with van der Waals surface area (Å²) in [6.07, 6.45) is 3.94. The monoisotopic (exact) mass is 646 g/mol. The van der Waals surface area contributed by atoms with E-state index in [1.54, 1.807) is 6.92 Å². The van der Waals surface area contributed by atoms with Crippen LogP contribution in [0.5, 0.6) is 0 Å². The number of carboxylic acids is 2. The standard InChI is InChI=1S/C38H50N2O5S/c1-27-17-18-32(46-27)33-36(4,34(41)42)28(2)39-29(3)38(33,35(43)44)19-11-25-45-26-12-22-40-23-20-37(21-24-40,30-13-7-5-8-14-30)31-15-9-6-10-16-31/h5-10,13-18,28-29,33,39H,11-12,19-26H2,1-4H3,(H,41,42)(H,43,44). The summed E-state index contributed by atoms with van der Waals surface area (Å²) in [5.41, 5.74) is 0.254. The van der Waals surface area contributed by atoms with Crippen molar-refractivity contribution in [2.24, 2.45) is 10.8 Å². The van der Waals surface area contributed by atoms with Crippen molar-refractivity contribution >= 4 is 23.3 Å². The average Bonchev–Trinajstić information content (AvgIpc) is 3.48. The maximum absolute atomic E-state index is 13.2. The fourth-order valence-corrected chi connectivity index (χ4v) is 9.57. The lowest BCUT2D eigenvalue weighted by molar-refractivity contribution is -0.171. The number of nitrogens with one attached hydrogen (secondary N) is 1. The van der Waals surface area contributed by atoms with Crippen LogP contribution in [0.2, 0.25) is 0 Å². The van der Waals surface area contributed by atoms with E-state index in [9.17, 15) is 19.8 Å². The highest BCUT2D eigenvalue weighted by molar-refractivity contribution is 7.12. The first-order chi connectivity index (χ1) is 22.1. The Kier molecular flexibility index (Phi) is 10.7. The summed E-state index contributed by atoms with van der Waals surface area (Å²) in [4.78, 5) is 30.4. The van der Waals surface area contributed by atoms with Gasteiger partial charge in [-0.25, -0.2) is 0 Å². The van der Waals surface area contributed by atoms with Gasteiger partial charge in [0.1, 0.15) is 0 Å². The molecule has 5 atom stereocenters. The summed E-state index contributed by atoms with van der Waals surface area (Å²) >= 11 is 1.51. The number of likely N-dealkylation sites (tertiary alicyclic amines) is 1. The van der Waals surface area contributed by atoms with E-state index in [4.69, 9.17) is 4.74 Å². The van der Waals surface area contributed by atoms with Gasteiger partial charge in [0.05, 0.1) is 10.8 Å². The third-order valence-corrected chi connectivity index (χ3v) is 12.3. The predicted molar refractivity (Wildman–Crippen MR) is 184 cm³/mol. The minimum Gasteiger partial charge on any atom is -0.481 e. The van der Waals surface area contributed by atoms with E-state index in [0.29, 0.717) is 26.1 Å². The van der Waals surface area contributed by atoms with Gasteiger partial charge in [-0.3, -0.25) is 9.59 Å². The number of ether oxygens (including phenoxy) is 1. The van der Waals surface area contributed by atoms with E-state index in [1.165, 1.54) is 22.5 Å². The Morgan fingerprint density at radius 1 is 0.870 bits per heavy atom. The number of nitrogens with zero attached hydrogens (tertiary/aromatic N) is 1. The van der Waals surface area contributed by atoms with Crippen LogP contribution in [-0.2, 0) is 19.7 Å². The van der Waals surface area contributed by atoms with Crippen molar-refractivity contribution in [3.8, 4) is 0 Å². The summed E-state index contributed by atoms with van der Waals surface area (Å²) in [7, 11) is 0. The van der Waals surface area contributed by atoms with E-state index < -0.39 is 40.8 Å². The second-order valence-corrected chi connectivity index (χ2v) is 15.0. The molecule has 5 rings (SSSR count). The van der Waals surface area contributed by atoms with Gasteiger partial charge in [0, 0.05) is 52.9 Å². The van der Waals surface area contributed by atoms with Crippen molar-refractivity contribution in [1.82, 2.24) is 10.2 Å². The van der Waals surface area contributed by atoms with Crippen LogP contribution in [0.1, 0.15) is 79.7 Å². The Morgan fingerprint density at radius 3 is 1.98 bits per heavy atom.